The van der Waals surface area contributed by atoms with Crippen LogP contribution in [0.15, 0.2) is 89.5 Å². The topological polar surface area (TPSA) is 73.2 Å². The van der Waals surface area contributed by atoms with Crippen LogP contribution in [0.5, 0.6) is 0 Å². The molecule has 0 bridgehead atoms. The summed E-state index contributed by atoms with van der Waals surface area (Å²) in [7, 11) is 0. The number of anilines is 2. The first-order valence-corrected chi connectivity index (χ1v) is 12.0. The summed E-state index contributed by atoms with van der Waals surface area (Å²) in [5.74, 6) is -0.666. The highest BCUT2D eigenvalue weighted by Gasteiger charge is 2.40. The number of rotatable bonds is 6. The fourth-order valence-electron chi connectivity index (χ4n) is 3.76. The third-order valence-electron chi connectivity index (χ3n) is 5.68. The largest absolute Gasteiger partial charge is 0.321 e. The molecule has 34 heavy (non-hydrogen) atoms. The minimum absolute atomic E-state index is 0.0758. The van der Waals surface area contributed by atoms with Gasteiger partial charge in [-0.05, 0) is 55.2 Å². The van der Waals surface area contributed by atoms with E-state index >= 15 is 0 Å². The minimum atomic E-state index is -0.532. The predicted octanol–water partition coefficient (Wildman–Crippen LogP) is 5.62. The zero-order chi connectivity index (χ0) is 24.1. The Kier molecular flexibility index (Phi) is 7.15. The van der Waals surface area contributed by atoms with Crippen LogP contribution in [-0.4, -0.2) is 17.1 Å². The first-order chi connectivity index (χ1) is 16.5. The van der Waals surface area contributed by atoms with Gasteiger partial charge in [-0.3, -0.25) is 14.5 Å². The summed E-state index contributed by atoms with van der Waals surface area (Å²) < 4.78 is 0. The Labute approximate surface area is 204 Å². The summed E-state index contributed by atoms with van der Waals surface area (Å²) in [6, 6.07) is 26.8. The number of thioether (sulfide) groups is 1. The van der Waals surface area contributed by atoms with Crippen molar-refractivity contribution in [2.24, 2.45) is 0 Å². The summed E-state index contributed by atoms with van der Waals surface area (Å²) in [4.78, 5) is 28.2. The second-order valence-electron chi connectivity index (χ2n) is 8.10. The zero-order valence-corrected chi connectivity index (χ0v) is 19.9. The zero-order valence-electron chi connectivity index (χ0n) is 19.1. The van der Waals surface area contributed by atoms with E-state index in [4.69, 9.17) is 0 Å². The number of benzene rings is 3. The molecule has 0 spiro atoms. The number of amides is 2. The highest BCUT2D eigenvalue weighted by atomic mass is 32.2. The second kappa shape index (κ2) is 10.4. The Bertz CT molecular complexity index is 1260. The van der Waals surface area contributed by atoms with Crippen molar-refractivity contribution in [1.82, 2.24) is 0 Å². The van der Waals surface area contributed by atoms with Crippen molar-refractivity contribution in [1.29, 1.82) is 5.26 Å². The molecule has 0 saturated carbocycles. The second-order valence-corrected chi connectivity index (χ2v) is 9.29. The minimum Gasteiger partial charge on any atom is -0.321 e. The lowest BCUT2D eigenvalue weighted by atomic mass is 10.1. The molecule has 3 aromatic rings. The van der Waals surface area contributed by atoms with E-state index in [9.17, 15) is 14.9 Å². The van der Waals surface area contributed by atoms with Crippen LogP contribution in [0.1, 0.15) is 23.6 Å². The van der Waals surface area contributed by atoms with E-state index in [0.717, 1.165) is 23.1 Å². The van der Waals surface area contributed by atoms with Gasteiger partial charge in [0.2, 0.25) is 5.91 Å². The monoisotopic (exact) mass is 467 g/mol. The van der Waals surface area contributed by atoms with E-state index in [1.807, 2.05) is 73.7 Å². The molecule has 0 aliphatic carbocycles. The molecule has 0 aromatic heterocycles. The first kappa shape index (κ1) is 23.3. The van der Waals surface area contributed by atoms with Gasteiger partial charge in [0.25, 0.3) is 5.91 Å². The smallest absolute Gasteiger partial charge is 0.269 e. The number of nitrogens with one attached hydrogen (secondary N) is 1. The Morgan fingerprint density at radius 1 is 1.00 bits per heavy atom. The Morgan fingerprint density at radius 3 is 2.26 bits per heavy atom. The highest BCUT2D eigenvalue weighted by molar-refractivity contribution is 8.05. The third-order valence-corrected chi connectivity index (χ3v) is 6.94. The van der Waals surface area contributed by atoms with Gasteiger partial charge in [0, 0.05) is 11.4 Å². The van der Waals surface area contributed by atoms with Gasteiger partial charge < -0.3 is 5.32 Å². The molecule has 1 fully saturated rings. The molecule has 4 rings (SSSR count). The van der Waals surface area contributed by atoms with Gasteiger partial charge in [-0.1, -0.05) is 78.8 Å². The predicted molar refractivity (Wildman–Crippen MR) is 137 cm³/mol. The quantitative estimate of drug-likeness (QED) is 0.377. The lowest BCUT2D eigenvalue weighted by Gasteiger charge is -2.19. The molecule has 1 atom stereocenters. The van der Waals surface area contributed by atoms with Crippen LogP contribution in [0.4, 0.5) is 11.4 Å². The molecule has 1 aliphatic heterocycles. The van der Waals surface area contributed by atoms with Crippen LogP contribution in [0, 0.1) is 18.3 Å². The summed E-state index contributed by atoms with van der Waals surface area (Å²) in [5, 5.41) is 12.7. The molecule has 1 saturated heterocycles. The molecular formula is C28H25N3O2S. The maximum absolute atomic E-state index is 13.6. The SMILES string of the molecule is CCc1ccc(N2C(=O)C(Cc3ccc(C)cc3)S/C2=C(/C#N)C(=O)Nc2ccccc2)cc1. The van der Waals surface area contributed by atoms with Gasteiger partial charge in [-0.25, -0.2) is 0 Å². The number of carbonyl (C=O) groups excluding carboxylic acids is 2. The number of hydrogen-bond acceptors (Lipinski definition) is 4. The highest BCUT2D eigenvalue weighted by Crippen LogP contribution is 2.42. The van der Waals surface area contributed by atoms with E-state index in [1.165, 1.54) is 16.7 Å². The molecule has 1 aliphatic rings. The summed E-state index contributed by atoms with van der Waals surface area (Å²) in [6.07, 6.45) is 1.39. The van der Waals surface area contributed by atoms with Gasteiger partial charge in [0.1, 0.15) is 16.7 Å². The molecule has 3 aromatic carbocycles. The van der Waals surface area contributed by atoms with Gasteiger partial charge in [-0.15, -0.1) is 0 Å². The number of para-hydroxylation sites is 1. The van der Waals surface area contributed by atoms with Crippen molar-refractivity contribution in [2.45, 2.75) is 31.9 Å². The van der Waals surface area contributed by atoms with Crippen LogP contribution in [0.2, 0.25) is 0 Å². The van der Waals surface area contributed by atoms with Gasteiger partial charge >= 0.3 is 0 Å². The van der Waals surface area contributed by atoms with Crippen LogP contribution < -0.4 is 10.2 Å². The Hall–Kier alpha value is -3.82. The lowest BCUT2D eigenvalue weighted by Crippen LogP contribution is -2.30. The number of nitriles is 1. The first-order valence-electron chi connectivity index (χ1n) is 11.2. The Balaban J connectivity index is 1.72. The Morgan fingerprint density at radius 2 is 1.65 bits per heavy atom. The summed E-state index contributed by atoms with van der Waals surface area (Å²) in [6.45, 7) is 4.09. The fourth-order valence-corrected chi connectivity index (χ4v) is 5.06. The van der Waals surface area contributed by atoms with Crippen LogP contribution in [0.3, 0.4) is 0 Å². The van der Waals surface area contributed by atoms with Crippen LogP contribution in [0.25, 0.3) is 0 Å². The molecule has 1 heterocycles. The van der Waals surface area contributed by atoms with E-state index in [-0.39, 0.29) is 11.5 Å². The number of carbonyl (C=O) groups is 2. The van der Waals surface area contributed by atoms with Crippen LogP contribution in [-0.2, 0) is 22.4 Å². The van der Waals surface area contributed by atoms with Gasteiger partial charge in [-0.2, -0.15) is 5.26 Å². The van der Waals surface area contributed by atoms with Crippen molar-refractivity contribution in [2.75, 3.05) is 10.2 Å². The van der Waals surface area contributed by atoms with E-state index in [2.05, 4.69) is 18.3 Å². The van der Waals surface area contributed by atoms with E-state index in [1.54, 1.807) is 12.1 Å². The molecule has 5 nitrogen and oxygen atoms in total. The maximum Gasteiger partial charge on any atom is 0.269 e. The fraction of sp³-hybridized carbons (Fsp3) is 0.179. The molecule has 2 amide bonds. The normalized spacial score (nSPS) is 16.8. The molecule has 1 unspecified atom stereocenters. The molecule has 6 heteroatoms. The van der Waals surface area contributed by atoms with Crippen molar-refractivity contribution >= 4 is 35.0 Å². The average molecular weight is 468 g/mol. The van der Waals surface area contributed by atoms with E-state index < -0.39 is 11.2 Å². The molecule has 1 N–H and O–H groups in total. The molecular weight excluding hydrogens is 442 g/mol. The van der Waals surface area contributed by atoms with E-state index in [0.29, 0.717) is 22.8 Å². The third kappa shape index (κ3) is 5.05. The van der Waals surface area contributed by atoms with Gasteiger partial charge in [0.05, 0.1) is 5.25 Å². The summed E-state index contributed by atoms with van der Waals surface area (Å²) in [5.41, 5.74) is 4.49. The number of nitrogens with zero attached hydrogens (tertiary/aromatic N) is 2. The summed E-state index contributed by atoms with van der Waals surface area (Å²) >= 11 is 1.27. The average Bonchev–Trinajstić information content (AvgIpc) is 3.17. The van der Waals surface area contributed by atoms with Gasteiger partial charge in [0.15, 0.2) is 0 Å². The standard InChI is InChI=1S/C28H25N3O2S/c1-3-20-13-15-23(16-14-20)31-27(33)25(17-21-11-9-19(2)10-12-21)34-28(31)24(18-29)26(32)30-22-7-5-4-6-8-22/h4-16,25H,3,17H2,1-2H3,(H,30,32)/b28-24-. The number of hydrogen-bond donors (Lipinski definition) is 1. The number of aryl methyl sites for hydroxylation is 2. The van der Waals surface area contributed by atoms with Crippen LogP contribution >= 0.6 is 11.8 Å². The van der Waals surface area contributed by atoms with Crippen molar-refractivity contribution in [3.63, 3.8) is 0 Å². The van der Waals surface area contributed by atoms with Crippen molar-refractivity contribution in [3.8, 4) is 6.07 Å². The van der Waals surface area contributed by atoms with Crippen molar-refractivity contribution < 1.29 is 9.59 Å². The maximum atomic E-state index is 13.6. The molecule has 170 valence electrons. The van der Waals surface area contributed by atoms with Crippen molar-refractivity contribution in [3.05, 3.63) is 106 Å². The lowest BCUT2D eigenvalue weighted by molar-refractivity contribution is -0.117. The molecule has 0 radical (unpaired) electrons.